The standard InChI is InChI=1S/C16H22F3NO4S/c1-12(10-23-13-6-2-3-7-13)11-25(21,22)20-14-8-4-5-9-15(14)24-16(17,18)19/h4-5,8-9,12-13,20H,2-3,6-7,10-11H2,1H3. The average molecular weight is 381 g/mol. The number of sulfonamides is 1. The highest BCUT2D eigenvalue weighted by Crippen LogP contribution is 2.30. The molecule has 0 amide bonds. The van der Waals surface area contributed by atoms with E-state index in [1.54, 1.807) is 6.92 Å². The summed E-state index contributed by atoms with van der Waals surface area (Å²) in [6.45, 7) is 2.03. The van der Waals surface area contributed by atoms with Gasteiger partial charge in [0.05, 0.1) is 24.2 Å². The number of para-hydroxylation sites is 2. The van der Waals surface area contributed by atoms with E-state index in [1.807, 2.05) is 0 Å². The molecular formula is C16H22F3NO4S. The number of hydrogen-bond acceptors (Lipinski definition) is 4. The van der Waals surface area contributed by atoms with Crippen LogP contribution in [0.15, 0.2) is 24.3 Å². The first kappa shape index (κ1) is 19.8. The van der Waals surface area contributed by atoms with Crippen molar-refractivity contribution in [3.8, 4) is 5.75 Å². The SMILES string of the molecule is CC(COC1CCCC1)CS(=O)(=O)Nc1ccccc1OC(F)(F)F. The normalized spacial score (nSPS) is 17.4. The molecular weight excluding hydrogens is 359 g/mol. The molecule has 1 N–H and O–H groups in total. The summed E-state index contributed by atoms with van der Waals surface area (Å²) in [6, 6.07) is 5.03. The minimum Gasteiger partial charge on any atom is -0.404 e. The number of hydrogen-bond donors (Lipinski definition) is 1. The molecule has 0 saturated heterocycles. The molecule has 1 fully saturated rings. The van der Waals surface area contributed by atoms with E-state index in [9.17, 15) is 21.6 Å². The highest BCUT2D eigenvalue weighted by molar-refractivity contribution is 7.92. The molecule has 25 heavy (non-hydrogen) atoms. The van der Waals surface area contributed by atoms with Gasteiger partial charge in [-0.05, 0) is 30.9 Å². The Kier molecular flexibility index (Phi) is 6.56. The lowest BCUT2D eigenvalue weighted by Gasteiger charge is -2.18. The van der Waals surface area contributed by atoms with E-state index in [1.165, 1.54) is 18.2 Å². The number of nitrogens with one attached hydrogen (secondary N) is 1. The third kappa shape index (κ3) is 7.11. The number of halogens is 3. The van der Waals surface area contributed by atoms with Crippen molar-refractivity contribution in [1.29, 1.82) is 0 Å². The van der Waals surface area contributed by atoms with E-state index in [0.29, 0.717) is 6.61 Å². The zero-order valence-corrected chi connectivity index (χ0v) is 14.7. The van der Waals surface area contributed by atoms with Crippen molar-refractivity contribution < 1.29 is 31.1 Å². The van der Waals surface area contributed by atoms with Crippen LogP contribution in [0, 0.1) is 5.92 Å². The lowest BCUT2D eigenvalue weighted by Crippen LogP contribution is -2.26. The number of rotatable bonds is 8. The predicted octanol–water partition coefficient (Wildman–Crippen LogP) is 3.92. The van der Waals surface area contributed by atoms with Crippen molar-refractivity contribution >= 4 is 15.7 Å². The third-order valence-corrected chi connectivity index (χ3v) is 5.34. The second-order valence-corrected chi connectivity index (χ2v) is 8.04. The zero-order valence-electron chi connectivity index (χ0n) is 13.9. The van der Waals surface area contributed by atoms with Crippen LogP contribution in [0.25, 0.3) is 0 Å². The first-order chi connectivity index (χ1) is 11.6. The summed E-state index contributed by atoms with van der Waals surface area (Å²) in [5, 5.41) is 0. The predicted molar refractivity (Wildman–Crippen MR) is 87.9 cm³/mol. The highest BCUT2D eigenvalue weighted by atomic mass is 32.2. The van der Waals surface area contributed by atoms with Crippen LogP contribution < -0.4 is 9.46 Å². The number of ether oxygens (including phenoxy) is 2. The van der Waals surface area contributed by atoms with E-state index in [2.05, 4.69) is 9.46 Å². The number of benzene rings is 1. The maximum atomic E-state index is 12.4. The molecule has 2 rings (SSSR count). The first-order valence-corrected chi connectivity index (χ1v) is 9.77. The fraction of sp³-hybridized carbons (Fsp3) is 0.625. The molecule has 0 bridgehead atoms. The molecule has 1 atom stereocenters. The Balaban J connectivity index is 1.93. The molecule has 0 heterocycles. The van der Waals surface area contributed by atoms with Gasteiger partial charge < -0.3 is 9.47 Å². The summed E-state index contributed by atoms with van der Waals surface area (Å²) >= 11 is 0. The van der Waals surface area contributed by atoms with E-state index in [-0.39, 0.29) is 23.5 Å². The van der Waals surface area contributed by atoms with Crippen molar-refractivity contribution in [1.82, 2.24) is 0 Å². The van der Waals surface area contributed by atoms with Crippen LogP contribution in [0.5, 0.6) is 5.75 Å². The van der Waals surface area contributed by atoms with Crippen LogP contribution in [0.3, 0.4) is 0 Å². The Morgan fingerprint density at radius 3 is 2.52 bits per heavy atom. The van der Waals surface area contributed by atoms with Gasteiger partial charge in [0.1, 0.15) is 0 Å². The molecule has 1 unspecified atom stereocenters. The van der Waals surface area contributed by atoms with Gasteiger partial charge in [-0.25, -0.2) is 8.42 Å². The van der Waals surface area contributed by atoms with Crippen molar-refractivity contribution in [2.75, 3.05) is 17.1 Å². The molecule has 5 nitrogen and oxygen atoms in total. The van der Waals surface area contributed by atoms with Gasteiger partial charge in [-0.1, -0.05) is 31.9 Å². The minimum absolute atomic E-state index is 0.180. The van der Waals surface area contributed by atoms with Gasteiger partial charge in [-0.2, -0.15) is 0 Å². The summed E-state index contributed by atoms with van der Waals surface area (Å²) in [6.07, 6.45) is -0.507. The summed E-state index contributed by atoms with van der Waals surface area (Å²) in [4.78, 5) is 0. The molecule has 1 saturated carbocycles. The summed E-state index contributed by atoms with van der Waals surface area (Å²) in [5.41, 5.74) is -0.247. The van der Waals surface area contributed by atoms with Crippen LogP contribution in [-0.2, 0) is 14.8 Å². The van der Waals surface area contributed by atoms with Gasteiger partial charge in [-0.3, -0.25) is 4.72 Å². The summed E-state index contributed by atoms with van der Waals surface area (Å²) < 4.78 is 73.3. The Hall–Kier alpha value is -1.48. The Bertz CT molecular complexity index is 658. The van der Waals surface area contributed by atoms with Gasteiger partial charge in [0.15, 0.2) is 5.75 Å². The Morgan fingerprint density at radius 1 is 1.24 bits per heavy atom. The Morgan fingerprint density at radius 2 is 1.88 bits per heavy atom. The van der Waals surface area contributed by atoms with Crippen LogP contribution in [0.4, 0.5) is 18.9 Å². The Labute approximate surface area is 145 Å². The molecule has 1 aromatic carbocycles. The summed E-state index contributed by atoms with van der Waals surface area (Å²) in [7, 11) is -3.84. The maximum Gasteiger partial charge on any atom is 0.573 e. The van der Waals surface area contributed by atoms with Crippen LogP contribution in [0.1, 0.15) is 32.6 Å². The van der Waals surface area contributed by atoms with Gasteiger partial charge in [-0.15, -0.1) is 13.2 Å². The molecule has 9 heteroatoms. The largest absolute Gasteiger partial charge is 0.573 e. The van der Waals surface area contributed by atoms with Crippen molar-refractivity contribution in [3.63, 3.8) is 0 Å². The molecule has 0 aromatic heterocycles. The molecule has 142 valence electrons. The second kappa shape index (κ2) is 8.27. The molecule has 0 radical (unpaired) electrons. The van der Waals surface area contributed by atoms with Crippen molar-refractivity contribution in [3.05, 3.63) is 24.3 Å². The highest BCUT2D eigenvalue weighted by Gasteiger charge is 2.32. The fourth-order valence-electron chi connectivity index (χ4n) is 2.75. The molecule has 1 aromatic rings. The van der Waals surface area contributed by atoms with Gasteiger partial charge in [0.25, 0.3) is 0 Å². The third-order valence-electron chi connectivity index (χ3n) is 3.80. The van der Waals surface area contributed by atoms with Gasteiger partial charge in [0, 0.05) is 0 Å². The minimum atomic E-state index is -4.90. The second-order valence-electron chi connectivity index (χ2n) is 6.27. The maximum absolute atomic E-state index is 12.4. The topological polar surface area (TPSA) is 64.6 Å². The van der Waals surface area contributed by atoms with E-state index >= 15 is 0 Å². The first-order valence-electron chi connectivity index (χ1n) is 8.11. The van der Waals surface area contributed by atoms with Gasteiger partial charge in [0.2, 0.25) is 10.0 Å². The zero-order chi connectivity index (χ0) is 18.5. The molecule has 0 spiro atoms. The molecule has 0 aliphatic heterocycles. The lowest BCUT2D eigenvalue weighted by atomic mass is 10.2. The van der Waals surface area contributed by atoms with Gasteiger partial charge >= 0.3 is 6.36 Å². The van der Waals surface area contributed by atoms with Crippen molar-refractivity contribution in [2.45, 2.75) is 45.1 Å². The molecule has 1 aliphatic rings. The fourth-order valence-corrected chi connectivity index (χ4v) is 4.18. The number of alkyl halides is 3. The van der Waals surface area contributed by atoms with Crippen molar-refractivity contribution in [2.24, 2.45) is 5.92 Å². The van der Waals surface area contributed by atoms with E-state index in [4.69, 9.17) is 4.74 Å². The average Bonchev–Trinajstić information content (AvgIpc) is 2.98. The van der Waals surface area contributed by atoms with E-state index < -0.39 is 22.1 Å². The van der Waals surface area contributed by atoms with Crippen LogP contribution in [0.2, 0.25) is 0 Å². The van der Waals surface area contributed by atoms with E-state index in [0.717, 1.165) is 31.7 Å². The molecule has 1 aliphatic carbocycles. The smallest absolute Gasteiger partial charge is 0.404 e. The summed E-state index contributed by atoms with van der Waals surface area (Å²) in [5.74, 6) is -1.12. The monoisotopic (exact) mass is 381 g/mol. The number of anilines is 1. The van der Waals surface area contributed by atoms with Crippen LogP contribution >= 0.6 is 0 Å². The lowest BCUT2D eigenvalue weighted by molar-refractivity contribution is -0.274. The van der Waals surface area contributed by atoms with Crippen LogP contribution in [-0.4, -0.2) is 33.2 Å². The quantitative estimate of drug-likeness (QED) is 0.741.